The molecule has 0 spiro atoms. The van der Waals surface area contributed by atoms with Crippen LogP contribution in [0.25, 0.3) is 0 Å². The number of rotatable bonds is 2. The monoisotopic (exact) mass is 252 g/mol. The number of nitrogen functional groups attached to an aromatic ring is 1. The van der Waals surface area contributed by atoms with Crippen LogP contribution in [-0.2, 0) is 5.33 Å². The number of nitrogens with two attached hydrogens (primary N) is 1. The van der Waals surface area contributed by atoms with E-state index in [0.717, 1.165) is 6.20 Å². The van der Waals surface area contributed by atoms with Crippen LogP contribution in [0.15, 0.2) is 6.20 Å². The van der Waals surface area contributed by atoms with E-state index in [0.29, 0.717) is 0 Å². The first-order chi connectivity index (χ1) is 6.07. The summed E-state index contributed by atoms with van der Waals surface area (Å²) >= 11 is 3.00. The number of pyridine rings is 1. The number of aromatic nitrogens is 1. The molecule has 0 atom stereocenters. The maximum absolute atomic E-state index is 12.4. The van der Waals surface area contributed by atoms with Gasteiger partial charge in [-0.25, -0.2) is 8.78 Å². The minimum atomic E-state index is -2.73. The van der Waals surface area contributed by atoms with Crippen LogP contribution in [0.4, 0.5) is 14.5 Å². The lowest BCUT2D eigenvalue weighted by molar-refractivity contribution is 0.150. The zero-order valence-corrected chi connectivity index (χ0v) is 8.05. The molecule has 0 bridgehead atoms. The Morgan fingerprint density at radius 1 is 1.62 bits per heavy atom. The van der Waals surface area contributed by atoms with E-state index in [2.05, 4.69) is 20.9 Å². The van der Waals surface area contributed by atoms with Crippen molar-refractivity contribution in [3.63, 3.8) is 0 Å². The maximum atomic E-state index is 12.4. The van der Waals surface area contributed by atoms with Crippen molar-refractivity contribution in [2.75, 3.05) is 5.73 Å². The Balaban J connectivity index is 3.32. The van der Waals surface area contributed by atoms with Crippen molar-refractivity contribution in [1.29, 1.82) is 0 Å². The molecule has 0 aliphatic rings. The van der Waals surface area contributed by atoms with E-state index in [4.69, 9.17) is 10.8 Å². The molecule has 1 aromatic rings. The SMILES string of the molecule is Nc1c(O)cnc(CBr)c1C(F)F. The van der Waals surface area contributed by atoms with Crippen LogP contribution in [0.5, 0.6) is 5.75 Å². The standard InChI is InChI=1S/C7H7BrF2N2O/c8-1-3-5(7(9)10)6(11)4(13)2-12-3/h2,7,13H,1H2,(H2,11,12). The fourth-order valence-electron chi connectivity index (χ4n) is 0.922. The minimum absolute atomic E-state index is 0.144. The third-order valence-corrected chi connectivity index (χ3v) is 2.10. The second kappa shape index (κ2) is 3.87. The molecule has 0 saturated heterocycles. The van der Waals surface area contributed by atoms with E-state index in [9.17, 15) is 8.78 Å². The lowest BCUT2D eigenvalue weighted by atomic mass is 10.1. The smallest absolute Gasteiger partial charge is 0.267 e. The van der Waals surface area contributed by atoms with Gasteiger partial charge < -0.3 is 10.8 Å². The molecular weight excluding hydrogens is 246 g/mol. The molecule has 72 valence electrons. The van der Waals surface area contributed by atoms with Gasteiger partial charge in [0.05, 0.1) is 23.1 Å². The quantitative estimate of drug-likeness (QED) is 0.794. The topological polar surface area (TPSA) is 59.1 Å². The van der Waals surface area contributed by atoms with Crippen LogP contribution in [0.1, 0.15) is 17.7 Å². The van der Waals surface area contributed by atoms with E-state index in [-0.39, 0.29) is 16.7 Å². The Morgan fingerprint density at radius 3 is 2.69 bits per heavy atom. The normalized spacial score (nSPS) is 10.8. The lowest BCUT2D eigenvalue weighted by Gasteiger charge is -2.09. The zero-order valence-electron chi connectivity index (χ0n) is 6.47. The van der Waals surface area contributed by atoms with Crippen molar-refractivity contribution < 1.29 is 13.9 Å². The highest BCUT2D eigenvalue weighted by molar-refractivity contribution is 9.08. The van der Waals surface area contributed by atoms with E-state index in [1.165, 1.54) is 0 Å². The van der Waals surface area contributed by atoms with Crippen molar-refractivity contribution in [2.45, 2.75) is 11.8 Å². The van der Waals surface area contributed by atoms with Crippen molar-refractivity contribution in [2.24, 2.45) is 0 Å². The highest BCUT2D eigenvalue weighted by Crippen LogP contribution is 2.33. The third-order valence-electron chi connectivity index (χ3n) is 1.56. The molecule has 0 radical (unpaired) electrons. The number of hydrogen-bond acceptors (Lipinski definition) is 3. The summed E-state index contributed by atoms with van der Waals surface area (Å²) < 4.78 is 24.8. The van der Waals surface area contributed by atoms with Crippen LogP contribution in [0.2, 0.25) is 0 Å². The largest absolute Gasteiger partial charge is 0.504 e. The fourth-order valence-corrected chi connectivity index (χ4v) is 1.37. The summed E-state index contributed by atoms with van der Waals surface area (Å²) in [5, 5.41) is 9.21. The van der Waals surface area contributed by atoms with Crippen LogP contribution < -0.4 is 5.73 Å². The van der Waals surface area contributed by atoms with Gasteiger partial charge in [0, 0.05) is 5.33 Å². The first-order valence-electron chi connectivity index (χ1n) is 3.38. The molecule has 6 heteroatoms. The van der Waals surface area contributed by atoms with Gasteiger partial charge in [0.15, 0.2) is 5.75 Å². The summed E-state index contributed by atoms with van der Waals surface area (Å²) in [6.07, 6.45) is -1.68. The Kier molecular flexibility index (Phi) is 3.02. The second-order valence-electron chi connectivity index (χ2n) is 2.35. The first-order valence-corrected chi connectivity index (χ1v) is 4.50. The van der Waals surface area contributed by atoms with Crippen molar-refractivity contribution >= 4 is 21.6 Å². The summed E-state index contributed by atoms with van der Waals surface area (Å²) in [7, 11) is 0. The molecular formula is C7H7BrF2N2O. The number of hydrogen-bond donors (Lipinski definition) is 2. The van der Waals surface area contributed by atoms with Gasteiger partial charge >= 0.3 is 0 Å². The van der Waals surface area contributed by atoms with Crippen molar-refractivity contribution in [1.82, 2.24) is 4.98 Å². The molecule has 1 heterocycles. The molecule has 0 fully saturated rings. The Bertz CT molecular complexity index is 320. The molecule has 0 aliphatic heterocycles. The highest BCUT2D eigenvalue weighted by atomic mass is 79.9. The number of halogens is 3. The number of aromatic hydroxyl groups is 1. The fraction of sp³-hybridized carbons (Fsp3) is 0.286. The summed E-state index contributed by atoms with van der Waals surface area (Å²) in [6, 6.07) is 0. The van der Waals surface area contributed by atoms with Crippen LogP contribution in [-0.4, -0.2) is 10.1 Å². The van der Waals surface area contributed by atoms with Gasteiger partial charge in [0.2, 0.25) is 0 Å². The first kappa shape index (κ1) is 10.2. The molecule has 0 saturated carbocycles. The van der Waals surface area contributed by atoms with Crippen LogP contribution in [0, 0.1) is 0 Å². The molecule has 0 amide bonds. The average molecular weight is 253 g/mol. The van der Waals surface area contributed by atoms with Gasteiger partial charge in [0.1, 0.15) is 0 Å². The molecule has 0 aliphatic carbocycles. The van der Waals surface area contributed by atoms with E-state index < -0.39 is 17.7 Å². The molecule has 13 heavy (non-hydrogen) atoms. The molecule has 1 aromatic heterocycles. The third kappa shape index (κ3) is 1.88. The summed E-state index contributed by atoms with van der Waals surface area (Å²) in [5.41, 5.74) is 4.70. The van der Waals surface area contributed by atoms with Gasteiger partial charge in [-0.15, -0.1) is 0 Å². The van der Waals surface area contributed by atoms with Crippen LogP contribution >= 0.6 is 15.9 Å². The van der Waals surface area contributed by atoms with Crippen molar-refractivity contribution in [3.8, 4) is 5.75 Å². The minimum Gasteiger partial charge on any atom is -0.504 e. The Hall–Kier alpha value is -0.910. The van der Waals surface area contributed by atoms with Gasteiger partial charge in [-0.05, 0) is 0 Å². The summed E-state index contributed by atoms with van der Waals surface area (Å²) in [6.45, 7) is 0. The Labute approximate surface area is 81.7 Å². The molecule has 3 nitrogen and oxygen atoms in total. The predicted octanol–water partition coefficient (Wildman–Crippen LogP) is 2.20. The van der Waals surface area contributed by atoms with E-state index in [1.807, 2.05) is 0 Å². The average Bonchev–Trinajstić information content (AvgIpc) is 2.08. The van der Waals surface area contributed by atoms with Crippen LogP contribution in [0.3, 0.4) is 0 Å². The second-order valence-corrected chi connectivity index (χ2v) is 2.91. The maximum Gasteiger partial charge on any atom is 0.267 e. The number of nitrogens with zero attached hydrogens (tertiary/aromatic N) is 1. The summed E-state index contributed by atoms with van der Waals surface area (Å²) in [4.78, 5) is 3.62. The predicted molar refractivity (Wildman–Crippen MR) is 47.9 cm³/mol. The van der Waals surface area contributed by atoms with E-state index in [1.54, 1.807) is 0 Å². The van der Waals surface area contributed by atoms with Gasteiger partial charge in [-0.1, -0.05) is 15.9 Å². The zero-order chi connectivity index (χ0) is 10.0. The van der Waals surface area contributed by atoms with E-state index >= 15 is 0 Å². The number of anilines is 1. The van der Waals surface area contributed by atoms with Gasteiger partial charge in [-0.2, -0.15) is 0 Å². The van der Waals surface area contributed by atoms with Gasteiger partial charge in [0.25, 0.3) is 6.43 Å². The lowest BCUT2D eigenvalue weighted by Crippen LogP contribution is -2.02. The Morgan fingerprint density at radius 2 is 2.23 bits per heavy atom. The highest BCUT2D eigenvalue weighted by Gasteiger charge is 2.19. The summed E-state index contributed by atoms with van der Waals surface area (Å²) in [5.74, 6) is -0.417. The molecule has 3 N–H and O–H groups in total. The number of alkyl halides is 3. The van der Waals surface area contributed by atoms with Gasteiger partial charge in [-0.3, -0.25) is 4.98 Å². The molecule has 1 rings (SSSR count). The molecule has 0 unspecified atom stereocenters. The van der Waals surface area contributed by atoms with Crippen molar-refractivity contribution in [3.05, 3.63) is 17.5 Å². The molecule has 0 aromatic carbocycles.